The molecule has 98 valence electrons. The van der Waals surface area contributed by atoms with Crippen molar-refractivity contribution in [2.45, 2.75) is 19.4 Å². The molecule has 0 radical (unpaired) electrons. The second-order valence-electron chi connectivity index (χ2n) is 3.68. The van der Waals surface area contributed by atoms with Gasteiger partial charge in [0.2, 0.25) is 10.0 Å². The van der Waals surface area contributed by atoms with Gasteiger partial charge in [-0.15, -0.1) is 11.3 Å². The number of sulfonamides is 1. The van der Waals surface area contributed by atoms with Gasteiger partial charge in [-0.25, -0.2) is 13.6 Å². The lowest BCUT2D eigenvalue weighted by Gasteiger charge is -2.12. The number of thiophene rings is 1. The molecule has 0 fully saturated rings. The fraction of sp³-hybridized carbons (Fsp3) is 0.556. The molecule has 1 aromatic rings. The van der Waals surface area contributed by atoms with Crippen LogP contribution in [0.5, 0.6) is 0 Å². The summed E-state index contributed by atoms with van der Waals surface area (Å²) in [6.45, 7) is 2.50. The Balaban J connectivity index is 2.40. The van der Waals surface area contributed by atoms with Gasteiger partial charge >= 0.3 is 0 Å². The van der Waals surface area contributed by atoms with Crippen LogP contribution in [0.2, 0.25) is 8.67 Å². The minimum atomic E-state index is -3.38. The van der Waals surface area contributed by atoms with Crippen molar-refractivity contribution >= 4 is 44.6 Å². The lowest BCUT2D eigenvalue weighted by Crippen LogP contribution is -2.24. The van der Waals surface area contributed by atoms with E-state index in [0.717, 1.165) is 5.56 Å². The normalized spacial score (nSPS) is 13.9. The second kappa shape index (κ2) is 6.36. The Labute approximate surface area is 115 Å². The molecule has 0 saturated heterocycles. The first-order valence-corrected chi connectivity index (χ1v) is 8.27. The number of nitrogens with two attached hydrogens (primary N) is 1. The molecule has 17 heavy (non-hydrogen) atoms. The monoisotopic (exact) mass is 316 g/mol. The van der Waals surface area contributed by atoms with Gasteiger partial charge in [0.15, 0.2) is 0 Å². The van der Waals surface area contributed by atoms with Gasteiger partial charge in [0, 0.05) is 6.04 Å². The molecule has 1 unspecified atom stereocenters. The lowest BCUT2D eigenvalue weighted by molar-refractivity contribution is 0.562. The van der Waals surface area contributed by atoms with Crippen LogP contribution in [-0.4, -0.2) is 20.7 Å². The summed E-state index contributed by atoms with van der Waals surface area (Å²) in [7, 11) is -3.38. The maximum absolute atomic E-state index is 10.7. The first-order chi connectivity index (χ1) is 7.79. The Morgan fingerprint density at radius 1 is 1.53 bits per heavy atom. The summed E-state index contributed by atoms with van der Waals surface area (Å²) < 4.78 is 22.7. The zero-order chi connectivity index (χ0) is 13.1. The van der Waals surface area contributed by atoms with E-state index in [9.17, 15) is 8.42 Å². The van der Waals surface area contributed by atoms with Crippen LogP contribution in [0.3, 0.4) is 0 Å². The number of rotatable bonds is 6. The fourth-order valence-corrected chi connectivity index (χ4v) is 3.54. The minimum absolute atomic E-state index is 0.0230. The zero-order valence-corrected chi connectivity index (χ0v) is 12.4. The molecule has 0 aliphatic rings. The van der Waals surface area contributed by atoms with E-state index in [1.54, 1.807) is 0 Å². The molecule has 0 amide bonds. The van der Waals surface area contributed by atoms with Gasteiger partial charge < -0.3 is 5.32 Å². The van der Waals surface area contributed by atoms with Crippen LogP contribution in [0.15, 0.2) is 6.07 Å². The van der Waals surface area contributed by atoms with E-state index < -0.39 is 10.0 Å². The molecule has 0 saturated carbocycles. The highest BCUT2D eigenvalue weighted by Crippen LogP contribution is 2.34. The van der Waals surface area contributed by atoms with E-state index >= 15 is 0 Å². The van der Waals surface area contributed by atoms with E-state index in [0.29, 0.717) is 21.6 Å². The Morgan fingerprint density at radius 3 is 2.65 bits per heavy atom. The molecule has 3 N–H and O–H groups in total. The summed E-state index contributed by atoms with van der Waals surface area (Å²) in [5, 5.41) is 8.07. The number of nitrogens with one attached hydrogen (secondary N) is 1. The first-order valence-electron chi connectivity index (χ1n) is 4.98. The van der Waals surface area contributed by atoms with E-state index in [1.807, 2.05) is 13.0 Å². The summed E-state index contributed by atoms with van der Waals surface area (Å²) in [6, 6.07) is 1.85. The van der Waals surface area contributed by atoms with Gasteiger partial charge in [-0.05, 0) is 31.5 Å². The van der Waals surface area contributed by atoms with Crippen LogP contribution in [0.25, 0.3) is 0 Å². The molecule has 0 bridgehead atoms. The van der Waals surface area contributed by atoms with Crippen LogP contribution in [-0.2, 0) is 10.0 Å². The van der Waals surface area contributed by atoms with Gasteiger partial charge in [0.05, 0.1) is 14.4 Å². The SMILES string of the molecule is CC(NCCCS(N)(=O)=O)c1cc(Cl)sc1Cl. The van der Waals surface area contributed by atoms with Crippen LogP contribution in [0.4, 0.5) is 0 Å². The topological polar surface area (TPSA) is 72.2 Å². The lowest BCUT2D eigenvalue weighted by atomic mass is 10.2. The van der Waals surface area contributed by atoms with Crippen LogP contribution in [0, 0.1) is 0 Å². The number of halogens is 2. The molecule has 1 atom stereocenters. The largest absolute Gasteiger partial charge is 0.310 e. The smallest absolute Gasteiger partial charge is 0.209 e. The molecule has 0 spiro atoms. The zero-order valence-electron chi connectivity index (χ0n) is 9.24. The third-order valence-electron chi connectivity index (χ3n) is 2.21. The van der Waals surface area contributed by atoms with Crippen LogP contribution < -0.4 is 10.5 Å². The van der Waals surface area contributed by atoms with Crippen molar-refractivity contribution < 1.29 is 8.42 Å². The minimum Gasteiger partial charge on any atom is -0.310 e. The molecular formula is C9H14Cl2N2O2S2. The third kappa shape index (κ3) is 5.54. The van der Waals surface area contributed by atoms with E-state index in [-0.39, 0.29) is 11.8 Å². The maximum Gasteiger partial charge on any atom is 0.209 e. The first kappa shape index (κ1) is 15.2. The summed E-state index contributed by atoms with van der Waals surface area (Å²) in [6.07, 6.45) is 0.471. The highest BCUT2D eigenvalue weighted by Gasteiger charge is 2.12. The standard InChI is InChI=1S/C9H14Cl2N2O2S2/c1-6(7-5-8(10)16-9(7)11)13-3-2-4-17(12,14)15/h5-6,13H,2-4H2,1H3,(H2,12,14,15). The Morgan fingerprint density at radius 2 is 2.18 bits per heavy atom. The molecule has 0 aromatic carbocycles. The fourth-order valence-electron chi connectivity index (χ4n) is 1.35. The van der Waals surface area contributed by atoms with Crippen LogP contribution in [0.1, 0.15) is 24.9 Å². The average molecular weight is 317 g/mol. The molecule has 8 heteroatoms. The van der Waals surface area contributed by atoms with Gasteiger partial charge in [0.1, 0.15) is 0 Å². The molecule has 0 aliphatic heterocycles. The van der Waals surface area contributed by atoms with E-state index in [4.69, 9.17) is 28.3 Å². The number of primary sulfonamides is 1. The average Bonchev–Trinajstić information content (AvgIpc) is 2.51. The van der Waals surface area contributed by atoms with Gasteiger partial charge in [0.25, 0.3) is 0 Å². The molecule has 0 aliphatic carbocycles. The van der Waals surface area contributed by atoms with E-state index in [1.165, 1.54) is 11.3 Å². The summed E-state index contributed by atoms with van der Waals surface area (Å²) in [4.78, 5) is 0. The van der Waals surface area contributed by atoms with E-state index in [2.05, 4.69) is 5.32 Å². The second-order valence-corrected chi connectivity index (χ2v) is 7.70. The summed E-state index contributed by atoms with van der Waals surface area (Å²) in [5.41, 5.74) is 0.928. The van der Waals surface area contributed by atoms with Crippen molar-refractivity contribution in [2.24, 2.45) is 5.14 Å². The molecule has 4 nitrogen and oxygen atoms in total. The predicted octanol–water partition coefficient (Wildman–Crippen LogP) is 2.38. The maximum atomic E-state index is 10.7. The summed E-state index contributed by atoms with van der Waals surface area (Å²) >= 11 is 13.2. The highest BCUT2D eigenvalue weighted by atomic mass is 35.5. The molecule has 1 heterocycles. The van der Waals surface area contributed by atoms with Gasteiger partial charge in [-0.1, -0.05) is 23.2 Å². The van der Waals surface area contributed by atoms with Crippen LogP contribution >= 0.6 is 34.5 Å². The summed E-state index contributed by atoms with van der Waals surface area (Å²) in [5.74, 6) is -0.0230. The molecule has 1 rings (SSSR count). The van der Waals surface area contributed by atoms with Crippen molar-refractivity contribution in [2.75, 3.05) is 12.3 Å². The Kier molecular flexibility index (Phi) is 5.69. The Bertz CT molecular complexity index is 473. The molecule has 1 aromatic heterocycles. The highest BCUT2D eigenvalue weighted by molar-refractivity contribution is 7.89. The predicted molar refractivity (Wildman–Crippen MR) is 73.3 cm³/mol. The van der Waals surface area contributed by atoms with Gasteiger partial charge in [-0.2, -0.15) is 0 Å². The van der Waals surface area contributed by atoms with Crippen molar-refractivity contribution in [3.63, 3.8) is 0 Å². The van der Waals surface area contributed by atoms with Crippen molar-refractivity contribution in [1.29, 1.82) is 0 Å². The van der Waals surface area contributed by atoms with Gasteiger partial charge in [-0.3, -0.25) is 0 Å². The third-order valence-corrected chi connectivity index (χ3v) is 4.58. The quantitative estimate of drug-likeness (QED) is 0.791. The van der Waals surface area contributed by atoms with Crippen molar-refractivity contribution in [3.8, 4) is 0 Å². The Hall–Kier alpha value is 0.150. The number of hydrogen-bond acceptors (Lipinski definition) is 4. The molecular weight excluding hydrogens is 303 g/mol. The van der Waals surface area contributed by atoms with Crippen molar-refractivity contribution in [1.82, 2.24) is 5.32 Å². The number of hydrogen-bond donors (Lipinski definition) is 2. The van der Waals surface area contributed by atoms with Crippen molar-refractivity contribution in [3.05, 3.63) is 20.3 Å².